The van der Waals surface area contributed by atoms with Crippen molar-refractivity contribution < 1.29 is 9.47 Å². The van der Waals surface area contributed by atoms with E-state index in [1.54, 1.807) is 0 Å². The molecule has 0 aliphatic carbocycles. The van der Waals surface area contributed by atoms with Gasteiger partial charge in [0.05, 0.1) is 0 Å². The molecule has 0 unspecified atom stereocenters. The lowest BCUT2D eigenvalue weighted by molar-refractivity contribution is 0.299. The summed E-state index contributed by atoms with van der Waals surface area (Å²) < 4.78 is 12.9. The maximum Gasteiger partial charge on any atom is 0.128 e. The molecule has 0 spiro atoms. The summed E-state index contributed by atoms with van der Waals surface area (Å²) >= 11 is 0. The molecule has 0 aliphatic heterocycles. The van der Waals surface area contributed by atoms with E-state index in [4.69, 9.17) is 9.47 Å². The maximum atomic E-state index is 6.46. The molecule has 0 aromatic heterocycles. The Hall–Kier alpha value is -4.30. The van der Waals surface area contributed by atoms with Crippen molar-refractivity contribution in [3.63, 3.8) is 0 Å². The fourth-order valence-electron chi connectivity index (χ4n) is 4.19. The average Bonchev–Trinajstić information content (AvgIpc) is 2.93. The molecule has 2 heteroatoms. The van der Waals surface area contributed by atoms with Gasteiger partial charge in [-0.25, -0.2) is 0 Å². The minimum atomic E-state index is 0.497. The van der Waals surface area contributed by atoms with Crippen molar-refractivity contribution in [2.45, 2.75) is 27.1 Å². The molecule has 0 amide bonds. The summed E-state index contributed by atoms with van der Waals surface area (Å²) in [5.41, 5.74) is 8.95. The van der Waals surface area contributed by atoms with Crippen LogP contribution in [0.25, 0.3) is 22.3 Å². The molecule has 2 nitrogen and oxygen atoms in total. The van der Waals surface area contributed by atoms with Crippen LogP contribution in [0.5, 0.6) is 11.5 Å². The first-order valence-electron chi connectivity index (χ1n) is 12.3. The Morgan fingerprint density at radius 3 is 1.17 bits per heavy atom. The van der Waals surface area contributed by atoms with Crippen LogP contribution in [-0.2, 0) is 13.2 Å². The monoisotopic (exact) mass is 470 g/mol. The first kappa shape index (κ1) is 23.4. The lowest BCUT2D eigenvalue weighted by atomic mass is 9.97. The molecular weight excluding hydrogens is 440 g/mol. The third-order valence-corrected chi connectivity index (χ3v) is 6.28. The van der Waals surface area contributed by atoms with Gasteiger partial charge in [0.25, 0.3) is 0 Å². The van der Waals surface area contributed by atoms with Crippen LogP contribution in [0.4, 0.5) is 0 Å². The van der Waals surface area contributed by atoms with Gasteiger partial charge >= 0.3 is 0 Å². The topological polar surface area (TPSA) is 18.5 Å². The number of rotatable bonds is 8. The van der Waals surface area contributed by atoms with E-state index in [1.807, 2.05) is 36.4 Å². The fourth-order valence-corrected chi connectivity index (χ4v) is 4.19. The van der Waals surface area contributed by atoms with Crippen LogP contribution in [-0.4, -0.2) is 0 Å². The Labute approximate surface area is 213 Å². The molecule has 0 saturated carbocycles. The molecule has 5 rings (SSSR count). The van der Waals surface area contributed by atoms with Gasteiger partial charge in [-0.05, 0) is 48.2 Å². The summed E-state index contributed by atoms with van der Waals surface area (Å²) in [6, 6.07) is 41.9. The molecule has 5 aromatic carbocycles. The van der Waals surface area contributed by atoms with Crippen molar-refractivity contribution in [2.75, 3.05) is 0 Å². The van der Waals surface area contributed by atoms with Gasteiger partial charge in [0.15, 0.2) is 0 Å². The van der Waals surface area contributed by atoms with Gasteiger partial charge in [-0.15, -0.1) is 0 Å². The van der Waals surface area contributed by atoms with Gasteiger partial charge in [0, 0.05) is 11.1 Å². The van der Waals surface area contributed by atoms with E-state index < -0.39 is 0 Å². The van der Waals surface area contributed by atoms with E-state index >= 15 is 0 Å². The van der Waals surface area contributed by atoms with Gasteiger partial charge in [-0.3, -0.25) is 0 Å². The Balaban J connectivity index is 1.59. The highest BCUT2D eigenvalue weighted by Gasteiger charge is 2.16. The normalized spacial score (nSPS) is 10.7. The van der Waals surface area contributed by atoms with Crippen LogP contribution in [0.2, 0.25) is 0 Å². The van der Waals surface area contributed by atoms with Crippen LogP contribution < -0.4 is 9.47 Å². The zero-order valence-corrected chi connectivity index (χ0v) is 20.8. The second-order valence-electron chi connectivity index (χ2n) is 9.13. The molecule has 0 heterocycles. The molecule has 178 valence electrons. The molecule has 0 fully saturated rings. The van der Waals surface area contributed by atoms with Gasteiger partial charge < -0.3 is 9.47 Å². The Morgan fingerprint density at radius 1 is 0.444 bits per heavy atom. The zero-order chi connectivity index (χ0) is 24.7. The third kappa shape index (κ3) is 5.67. The highest BCUT2D eigenvalue weighted by atomic mass is 16.5. The summed E-state index contributed by atoms with van der Waals surface area (Å²) in [4.78, 5) is 0. The van der Waals surface area contributed by atoms with Crippen LogP contribution >= 0.6 is 0 Å². The first-order valence-corrected chi connectivity index (χ1v) is 12.3. The SMILES string of the molecule is Cc1ccc(-c2cc(OCc3ccccc3)c(-c3ccc(C)cc3)cc2OCc2ccccc2)cc1. The summed E-state index contributed by atoms with van der Waals surface area (Å²) in [5, 5.41) is 0. The fraction of sp³-hybridized carbons (Fsp3) is 0.118. The minimum absolute atomic E-state index is 0.497. The quantitative estimate of drug-likeness (QED) is 0.226. The maximum absolute atomic E-state index is 6.46. The number of aryl methyl sites for hydroxylation is 2. The minimum Gasteiger partial charge on any atom is -0.488 e. The summed E-state index contributed by atoms with van der Waals surface area (Å²) in [7, 11) is 0. The molecule has 0 bridgehead atoms. The average molecular weight is 471 g/mol. The Morgan fingerprint density at radius 2 is 0.806 bits per heavy atom. The van der Waals surface area contributed by atoms with Gasteiger partial charge in [0.2, 0.25) is 0 Å². The molecule has 0 atom stereocenters. The lowest BCUT2D eigenvalue weighted by Gasteiger charge is -2.19. The predicted octanol–water partition coefficient (Wildman–Crippen LogP) is 8.80. The van der Waals surface area contributed by atoms with E-state index in [-0.39, 0.29) is 0 Å². The molecule has 0 N–H and O–H groups in total. The lowest BCUT2D eigenvalue weighted by Crippen LogP contribution is -2.01. The third-order valence-electron chi connectivity index (χ3n) is 6.28. The van der Waals surface area contributed by atoms with Gasteiger partial charge in [-0.1, -0.05) is 120 Å². The highest BCUT2D eigenvalue weighted by Crippen LogP contribution is 2.42. The van der Waals surface area contributed by atoms with Crippen LogP contribution in [0.3, 0.4) is 0 Å². The number of hydrogen-bond acceptors (Lipinski definition) is 2. The van der Waals surface area contributed by atoms with E-state index in [9.17, 15) is 0 Å². The molecular formula is C34H30O2. The number of hydrogen-bond donors (Lipinski definition) is 0. The largest absolute Gasteiger partial charge is 0.488 e. The first-order chi connectivity index (χ1) is 17.7. The number of benzene rings is 5. The van der Waals surface area contributed by atoms with E-state index in [0.717, 1.165) is 44.9 Å². The Bertz CT molecular complexity index is 1290. The number of ether oxygens (including phenoxy) is 2. The van der Waals surface area contributed by atoms with Crippen molar-refractivity contribution in [1.82, 2.24) is 0 Å². The van der Waals surface area contributed by atoms with Crippen molar-refractivity contribution in [1.29, 1.82) is 0 Å². The van der Waals surface area contributed by atoms with E-state index in [2.05, 4.69) is 98.8 Å². The summed E-state index contributed by atoms with van der Waals surface area (Å²) in [5.74, 6) is 1.68. The second kappa shape index (κ2) is 11.0. The molecule has 5 aromatic rings. The molecule has 0 aliphatic rings. The highest BCUT2D eigenvalue weighted by molar-refractivity contribution is 5.81. The van der Waals surface area contributed by atoms with Crippen molar-refractivity contribution in [2.24, 2.45) is 0 Å². The van der Waals surface area contributed by atoms with Crippen molar-refractivity contribution in [3.05, 3.63) is 144 Å². The van der Waals surface area contributed by atoms with Crippen molar-refractivity contribution >= 4 is 0 Å². The summed E-state index contributed by atoms with van der Waals surface area (Å²) in [6.07, 6.45) is 0. The standard InChI is InChI=1S/C34H30O2/c1-25-13-17-29(18-14-25)31-21-34(36-24-28-11-7-4-8-12-28)32(30-19-15-26(2)16-20-30)22-33(31)35-23-27-9-5-3-6-10-27/h3-22H,23-24H2,1-2H3. The van der Waals surface area contributed by atoms with E-state index in [1.165, 1.54) is 11.1 Å². The predicted molar refractivity (Wildman–Crippen MR) is 148 cm³/mol. The van der Waals surface area contributed by atoms with Crippen molar-refractivity contribution in [3.8, 4) is 33.8 Å². The zero-order valence-electron chi connectivity index (χ0n) is 20.8. The molecule has 36 heavy (non-hydrogen) atoms. The molecule has 0 radical (unpaired) electrons. The summed E-state index contributed by atoms with van der Waals surface area (Å²) in [6.45, 7) is 5.20. The smallest absolute Gasteiger partial charge is 0.128 e. The second-order valence-corrected chi connectivity index (χ2v) is 9.13. The van der Waals surface area contributed by atoms with Crippen LogP contribution in [0.15, 0.2) is 121 Å². The van der Waals surface area contributed by atoms with Gasteiger partial charge in [0.1, 0.15) is 24.7 Å². The van der Waals surface area contributed by atoms with Gasteiger partial charge in [-0.2, -0.15) is 0 Å². The Kier molecular flexibility index (Phi) is 7.14. The van der Waals surface area contributed by atoms with E-state index in [0.29, 0.717) is 13.2 Å². The van der Waals surface area contributed by atoms with Crippen LogP contribution in [0, 0.1) is 13.8 Å². The van der Waals surface area contributed by atoms with Crippen LogP contribution in [0.1, 0.15) is 22.3 Å². The molecule has 0 saturated heterocycles.